The lowest BCUT2D eigenvalue weighted by Crippen LogP contribution is -2.37. The lowest BCUT2D eigenvalue weighted by Gasteiger charge is -2.21. The lowest BCUT2D eigenvalue weighted by molar-refractivity contribution is -0.137. The molecule has 184 valence electrons. The van der Waals surface area contributed by atoms with Gasteiger partial charge >= 0.3 is 6.18 Å². The van der Waals surface area contributed by atoms with Gasteiger partial charge in [0.15, 0.2) is 5.13 Å². The van der Waals surface area contributed by atoms with Crippen molar-refractivity contribution in [3.63, 3.8) is 0 Å². The molecule has 1 saturated carbocycles. The number of carbonyl (C=O) groups excluding carboxylic acids is 2. The SMILES string of the molecule is O=C(CCN(C(=O)c1csc(Nc2ccc(F)cc2)n1)C1CC1)NCc1cccc(C(F)(F)F)c1. The van der Waals surface area contributed by atoms with Crippen LogP contribution in [0.3, 0.4) is 0 Å². The Hall–Kier alpha value is -3.47. The molecule has 0 bridgehead atoms. The molecule has 0 aliphatic heterocycles. The number of aromatic nitrogens is 1. The summed E-state index contributed by atoms with van der Waals surface area (Å²) in [6, 6.07) is 10.6. The van der Waals surface area contributed by atoms with Crippen LogP contribution in [0.2, 0.25) is 0 Å². The summed E-state index contributed by atoms with van der Waals surface area (Å²) in [6.45, 7) is 0.140. The van der Waals surface area contributed by atoms with E-state index in [0.717, 1.165) is 25.0 Å². The largest absolute Gasteiger partial charge is 0.416 e. The molecule has 1 aliphatic carbocycles. The first-order valence-corrected chi connectivity index (χ1v) is 11.8. The van der Waals surface area contributed by atoms with Crippen molar-refractivity contribution in [2.24, 2.45) is 0 Å². The van der Waals surface area contributed by atoms with Crippen molar-refractivity contribution >= 4 is 34.0 Å². The molecular formula is C24H22F4N4O2S. The van der Waals surface area contributed by atoms with Crippen molar-refractivity contribution in [1.82, 2.24) is 15.2 Å². The van der Waals surface area contributed by atoms with Crippen molar-refractivity contribution in [2.45, 2.75) is 38.0 Å². The van der Waals surface area contributed by atoms with Crippen LogP contribution in [0.4, 0.5) is 28.4 Å². The molecule has 1 fully saturated rings. The number of hydrogen-bond donors (Lipinski definition) is 2. The molecule has 0 radical (unpaired) electrons. The van der Waals surface area contributed by atoms with Gasteiger partial charge in [-0.1, -0.05) is 12.1 Å². The molecular weight excluding hydrogens is 484 g/mol. The third-order valence-corrected chi connectivity index (χ3v) is 6.15. The summed E-state index contributed by atoms with van der Waals surface area (Å²) in [5.74, 6) is -1.01. The van der Waals surface area contributed by atoms with E-state index >= 15 is 0 Å². The number of nitrogens with zero attached hydrogens (tertiary/aromatic N) is 2. The molecule has 1 heterocycles. The molecule has 0 atom stereocenters. The van der Waals surface area contributed by atoms with Gasteiger partial charge in [-0.3, -0.25) is 9.59 Å². The molecule has 6 nitrogen and oxygen atoms in total. The smallest absolute Gasteiger partial charge is 0.352 e. The van der Waals surface area contributed by atoms with Gasteiger partial charge in [-0.15, -0.1) is 11.3 Å². The van der Waals surface area contributed by atoms with Gasteiger partial charge in [0.05, 0.1) is 5.56 Å². The molecule has 2 N–H and O–H groups in total. The third kappa shape index (κ3) is 6.78. The first-order valence-electron chi connectivity index (χ1n) is 10.9. The van der Waals surface area contributed by atoms with E-state index in [4.69, 9.17) is 0 Å². The summed E-state index contributed by atoms with van der Waals surface area (Å²) >= 11 is 1.24. The summed E-state index contributed by atoms with van der Waals surface area (Å²) in [6.07, 6.45) is -2.76. The van der Waals surface area contributed by atoms with Crippen LogP contribution in [0.5, 0.6) is 0 Å². The minimum atomic E-state index is -4.45. The van der Waals surface area contributed by atoms with Gasteiger partial charge < -0.3 is 15.5 Å². The van der Waals surface area contributed by atoms with Crippen LogP contribution in [-0.4, -0.2) is 34.3 Å². The van der Waals surface area contributed by atoms with Crippen molar-refractivity contribution < 1.29 is 27.2 Å². The Balaban J connectivity index is 1.31. The second-order valence-electron chi connectivity index (χ2n) is 8.12. The Labute approximate surface area is 203 Å². The van der Waals surface area contributed by atoms with Crippen LogP contribution < -0.4 is 10.6 Å². The highest BCUT2D eigenvalue weighted by molar-refractivity contribution is 7.14. The van der Waals surface area contributed by atoms with E-state index in [0.29, 0.717) is 16.4 Å². The number of alkyl halides is 3. The second-order valence-corrected chi connectivity index (χ2v) is 8.98. The number of hydrogen-bond acceptors (Lipinski definition) is 5. The van der Waals surface area contributed by atoms with Crippen molar-refractivity contribution in [3.05, 3.63) is 76.5 Å². The van der Waals surface area contributed by atoms with E-state index in [1.54, 1.807) is 22.4 Å². The molecule has 4 rings (SSSR count). The number of rotatable bonds is 9. The Bertz CT molecular complexity index is 1190. The minimum absolute atomic E-state index is 0.0199. The number of halogens is 4. The molecule has 0 unspecified atom stereocenters. The number of amides is 2. The molecule has 11 heteroatoms. The topological polar surface area (TPSA) is 74.3 Å². The minimum Gasteiger partial charge on any atom is -0.352 e. The van der Waals surface area contributed by atoms with Crippen LogP contribution in [0.1, 0.15) is 40.9 Å². The maximum atomic E-state index is 13.1. The molecule has 1 aliphatic rings. The maximum absolute atomic E-state index is 13.1. The molecule has 1 aromatic heterocycles. The van der Waals surface area contributed by atoms with Crippen LogP contribution in [-0.2, 0) is 17.5 Å². The van der Waals surface area contributed by atoms with E-state index < -0.39 is 11.7 Å². The van der Waals surface area contributed by atoms with Gasteiger partial charge in [-0.2, -0.15) is 13.2 Å². The van der Waals surface area contributed by atoms with E-state index in [1.807, 2.05) is 0 Å². The zero-order chi connectivity index (χ0) is 25.0. The van der Waals surface area contributed by atoms with Crippen LogP contribution in [0.25, 0.3) is 0 Å². The first-order chi connectivity index (χ1) is 16.7. The van der Waals surface area contributed by atoms with Crippen LogP contribution in [0.15, 0.2) is 53.9 Å². The Morgan fingerprint density at radius 1 is 1.11 bits per heavy atom. The first kappa shape index (κ1) is 24.6. The average molecular weight is 507 g/mol. The highest BCUT2D eigenvalue weighted by Crippen LogP contribution is 2.30. The molecule has 2 aromatic carbocycles. The van der Waals surface area contributed by atoms with Crippen molar-refractivity contribution in [3.8, 4) is 0 Å². The van der Waals surface area contributed by atoms with E-state index in [9.17, 15) is 27.2 Å². The predicted molar refractivity (Wildman–Crippen MR) is 124 cm³/mol. The van der Waals surface area contributed by atoms with Gasteiger partial charge in [0.1, 0.15) is 11.5 Å². The summed E-state index contributed by atoms with van der Waals surface area (Å²) < 4.78 is 51.6. The standard InChI is InChI=1S/C24H22F4N4O2S/c25-17-4-6-18(7-5-17)30-23-31-20(14-35-23)22(34)32(19-8-9-19)11-10-21(33)29-13-15-2-1-3-16(12-15)24(26,27)28/h1-7,12,14,19H,8-11,13H2,(H,29,33)(H,30,31). The van der Waals surface area contributed by atoms with Crippen molar-refractivity contribution in [2.75, 3.05) is 11.9 Å². The molecule has 0 spiro atoms. The lowest BCUT2D eigenvalue weighted by atomic mass is 10.1. The van der Waals surface area contributed by atoms with Gasteiger partial charge in [0.2, 0.25) is 5.91 Å². The fourth-order valence-electron chi connectivity index (χ4n) is 3.44. The second kappa shape index (κ2) is 10.4. The van der Waals surface area contributed by atoms with E-state index in [-0.39, 0.29) is 48.9 Å². The van der Waals surface area contributed by atoms with Gasteiger partial charge in [0, 0.05) is 36.6 Å². The number of nitrogens with one attached hydrogen (secondary N) is 2. The molecule has 0 saturated heterocycles. The predicted octanol–water partition coefficient (Wildman–Crippen LogP) is 5.36. The highest BCUT2D eigenvalue weighted by atomic mass is 32.1. The number of carbonyl (C=O) groups is 2. The van der Waals surface area contributed by atoms with Crippen molar-refractivity contribution in [1.29, 1.82) is 0 Å². The molecule has 3 aromatic rings. The van der Waals surface area contributed by atoms with E-state index in [2.05, 4.69) is 15.6 Å². The van der Waals surface area contributed by atoms with Gasteiger partial charge in [-0.05, 0) is 54.8 Å². The summed E-state index contributed by atoms with van der Waals surface area (Å²) in [7, 11) is 0. The third-order valence-electron chi connectivity index (χ3n) is 5.39. The number of thiazole rings is 1. The van der Waals surface area contributed by atoms with Crippen LogP contribution >= 0.6 is 11.3 Å². The highest BCUT2D eigenvalue weighted by Gasteiger charge is 2.34. The summed E-state index contributed by atoms with van der Waals surface area (Å²) in [5.41, 5.74) is 0.449. The monoisotopic (exact) mass is 506 g/mol. The quantitative estimate of drug-likeness (QED) is 0.384. The van der Waals surface area contributed by atoms with Gasteiger partial charge in [0.25, 0.3) is 5.91 Å². The Morgan fingerprint density at radius 3 is 2.54 bits per heavy atom. The Kier molecular flexibility index (Phi) is 7.34. The molecule has 2 amide bonds. The molecule has 35 heavy (non-hydrogen) atoms. The fourth-order valence-corrected chi connectivity index (χ4v) is 4.14. The average Bonchev–Trinajstić information content (AvgIpc) is 3.56. The summed E-state index contributed by atoms with van der Waals surface area (Å²) in [5, 5.41) is 7.74. The number of benzene rings is 2. The van der Waals surface area contributed by atoms with E-state index in [1.165, 1.54) is 35.6 Å². The van der Waals surface area contributed by atoms with Crippen LogP contribution in [0, 0.1) is 5.82 Å². The normalized spacial score (nSPS) is 13.4. The fraction of sp³-hybridized carbons (Fsp3) is 0.292. The van der Waals surface area contributed by atoms with Gasteiger partial charge in [-0.25, -0.2) is 9.37 Å². The zero-order valence-corrected chi connectivity index (χ0v) is 19.3. The summed E-state index contributed by atoms with van der Waals surface area (Å²) in [4.78, 5) is 31.3. The Morgan fingerprint density at radius 2 is 1.86 bits per heavy atom. The zero-order valence-electron chi connectivity index (χ0n) is 18.4. The maximum Gasteiger partial charge on any atom is 0.416 e. The number of anilines is 2.